The number of aromatic nitrogens is 2. The average Bonchev–Trinajstić information content (AvgIpc) is 3.01. The van der Waals surface area contributed by atoms with Crippen molar-refractivity contribution in [1.29, 1.82) is 0 Å². The smallest absolute Gasteiger partial charge is 0.234 e. The molecule has 5 nitrogen and oxygen atoms in total. The molecule has 1 aliphatic heterocycles. The molecule has 0 unspecified atom stereocenters. The Hall–Kier alpha value is -1.85. The number of benzene rings is 1. The van der Waals surface area contributed by atoms with Crippen molar-refractivity contribution in [2.45, 2.75) is 38.3 Å². The molecule has 1 aromatic carbocycles. The molecule has 2 atom stereocenters. The number of nitrogens with one attached hydrogen (secondary N) is 1. The summed E-state index contributed by atoms with van der Waals surface area (Å²) in [4.78, 5) is 14.8. The van der Waals surface area contributed by atoms with Crippen LogP contribution in [0.15, 0.2) is 36.5 Å². The van der Waals surface area contributed by atoms with Crippen molar-refractivity contribution in [2.24, 2.45) is 7.05 Å². The second kappa shape index (κ2) is 8.02. The van der Waals surface area contributed by atoms with E-state index in [0.29, 0.717) is 11.6 Å². The molecule has 0 radical (unpaired) electrons. The molecule has 134 valence electrons. The molecule has 3 rings (SSSR count). The number of nitrogens with zero attached hydrogens (tertiary/aromatic N) is 3. The minimum absolute atomic E-state index is 0.0292. The van der Waals surface area contributed by atoms with E-state index in [1.807, 2.05) is 55.2 Å². The molecule has 1 aromatic heterocycles. The van der Waals surface area contributed by atoms with Gasteiger partial charge in [0, 0.05) is 18.3 Å². The number of rotatable bonds is 5. The summed E-state index contributed by atoms with van der Waals surface area (Å²) < 4.78 is 1.91. The number of hydrogen-bond acceptors (Lipinski definition) is 3. The summed E-state index contributed by atoms with van der Waals surface area (Å²) >= 11 is 6.23. The van der Waals surface area contributed by atoms with Gasteiger partial charge in [0.05, 0.1) is 24.3 Å². The second-order valence-electron chi connectivity index (χ2n) is 6.67. The van der Waals surface area contributed by atoms with Gasteiger partial charge in [-0.15, -0.1) is 0 Å². The van der Waals surface area contributed by atoms with Crippen LogP contribution in [0.3, 0.4) is 0 Å². The number of likely N-dealkylation sites (tertiary alicyclic amines) is 1. The van der Waals surface area contributed by atoms with Crippen LogP contribution >= 0.6 is 11.6 Å². The molecule has 0 aliphatic carbocycles. The van der Waals surface area contributed by atoms with Crippen molar-refractivity contribution >= 4 is 17.5 Å². The molecule has 1 saturated heterocycles. The lowest BCUT2D eigenvalue weighted by molar-refractivity contribution is -0.123. The number of halogens is 1. The first-order valence-corrected chi connectivity index (χ1v) is 9.20. The van der Waals surface area contributed by atoms with Crippen molar-refractivity contribution < 1.29 is 4.79 Å². The highest BCUT2D eigenvalue weighted by molar-refractivity contribution is 6.31. The minimum Gasteiger partial charge on any atom is -0.348 e. The van der Waals surface area contributed by atoms with E-state index >= 15 is 0 Å². The average molecular weight is 361 g/mol. The summed E-state index contributed by atoms with van der Waals surface area (Å²) in [6.07, 6.45) is 5.19. The van der Waals surface area contributed by atoms with Crippen molar-refractivity contribution in [3.8, 4) is 0 Å². The van der Waals surface area contributed by atoms with E-state index in [1.165, 1.54) is 12.1 Å². The third kappa shape index (κ3) is 4.22. The minimum atomic E-state index is -0.110. The van der Waals surface area contributed by atoms with Crippen molar-refractivity contribution in [3.05, 3.63) is 52.8 Å². The molecular weight excluding hydrogens is 336 g/mol. The van der Waals surface area contributed by atoms with Crippen LogP contribution in [0.1, 0.15) is 49.5 Å². The van der Waals surface area contributed by atoms with Gasteiger partial charge in [0.15, 0.2) is 0 Å². The largest absolute Gasteiger partial charge is 0.348 e. The van der Waals surface area contributed by atoms with Gasteiger partial charge in [-0.2, -0.15) is 5.10 Å². The van der Waals surface area contributed by atoms with Crippen LogP contribution in [-0.4, -0.2) is 33.7 Å². The first-order valence-electron chi connectivity index (χ1n) is 8.82. The SMILES string of the molecule is C[C@@H](NC(=O)CN1CCCC[C@@H]1c1ccnn1C)c1ccccc1Cl. The zero-order chi connectivity index (χ0) is 17.8. The number of carbonyl (C=O) groups is 1. The number of piperidine rings is 1. The lowest BCUT2D eigenvalue weighted by atomic mass is 9.99. The van der Waals surface area contributed by atoms with Crippen molar-refractivity contribution in [2.75, 3.05) is 13.1 Å². The van der Waals surface area contributed by atoms with Crippen LogP contribution in [0.4, 0.5) is 0 Å². The van der Waals surface area contributed by atoms with Gasteiger partial charge in [-0.25, -0.2) is 0 Å². The molecule has 0 spiro atoms. The van der Waals surface area contributed by atoms with Gasteiger partial charge in [0.1, 0.15) is 0 Å². The third-order valence-electron chi connectivity index (χ3n) is 4.91. The van der Waals surface area contributed by atoms with Gasteiger partial charge in [-0.05, 0) is 44.0 Å². The number of carbonyl (C=O) groups excluding carboxylic acids is 1. The molecule has 2 heterocycles. The standard InChI is InChI=1S/C19H25ClN4O/c1-14(15-7-3-4-8-16(15)20)22-19(25)13-24-12-6-5-9-18(24)17-10-11-21-23(17)2/h3-4,7-8,10-11,14,18H,5-6,9,12-13H2,1-2H3,(H,22,25)/t14-,18-/m1/s1. The Morgan fingerprint density at radius 2 is 2.16 bits per heavy atom. The van der Waals surface area contributed by atoms with E-state index < -0.39 is 0 Å². The highest BCUT2D eigenvalue weighted by Gasteiger charge is 2.28. The van der Waals surface area contributed by atoms with Crippen LogP contribution in [0.2, 0.25) is 5.02 Å². The Labute approximate surface area is 154 Å². The number of amides is 1. The first-order chi connectivity index (χ1) is 12.1. The van der Waals surface area contributed by atoms with E-state index in [-0.39, 0.29) is 18.0 Å². The van der Waals surface area contributed by atoms with Crippen LogP contribution < -0.4 is 5.32 Å². The fourth-order valence-corrected chi connectivity index (χ4v) is 3.90. The molecule has 1 amide bonds. The summed E-state index contributed by atoms with van der Waals surface area (Å²) in [5, 5.41) is 8.04. The highest BCUT2D eigenvalue weighted by Crippen LogP contribution is 2.30. The molecule has 6 heteroatoms. The lowest BCUT2D eigenvalue weighted by Crippen LogP contribution is -2.42. The number of hydrogen-bond donors (Lipinski definition) is 1. The quantitative estimate of drug-likeness (QED) is 0.888. The maximum Gasteiger partial charge on any atom is 0.234 e. The predicted octanol–water partition coefficient (Wildman–Crippen LogP) is 3.48. The van der Waals surface area contributed by atoms with E-state index in [1.54, 1.807) is 0 Å². The normalized spacial score (nSPS) is 19.6. The second-order valence-corrected chi connectivity index (χ2v) is 7.08. The van der Waals surface area contributed by atoms with Gasteiger partial charge in [0.2, 0.25) is 5.91 Å². The Morgan fingerprint density at radius 1 is 1.36 bits per heavy atom. The Kier molecular flexibility index (Phi) is 5.76. The fourth-order valence-electron chi connectivity index (χ4n) is 3.60. The van der Waals surface area contributed by atoms with E-state index in [0.717, 1.165) is 24.9 Å². The summed E-state index contributed by atoms with van der Waals surface area (Å²) in [5.41, 5.74) is 2.12. The van der Waals surface area contributed by atoms with E-state index in [9.17, 15) is 4.79 Å². The van der Waals surface area contributed by atoms with E-state index in [2.05, 4.69) is 15.3 Å². The first kappa shape index (κ1) is 18.0. The monoisotopic (exact) mass is 360 g/mol. The van der Waals surface area contributed by atoms with Crippen LogP contribution in [0.25, 0.3) is 0 Å². The fraction of sp³-hybridized carbons (Fsp3) is 0.474. The molecular formula is C19H25ClN4O. The molecule has 1 aliphatic rings. The Bertz CT molecular complexity index is 730. The maximum atomic E-state index is 12.6. The summed E-state index contributed by atoms with van der Waals surface area (Å²) in [6.45, 7) is 3.29. The zero-order valence-corrected chi connectivity index (χ0v) is 15.5. The third-order valence-corrected chi connectivity index (χ3v) is 5.25. The lowest BCUT2D eigenvalue weighted by Gasteiger charge is -2.35. The van der Waals surface area contributed by atoms with Gasteiger partial charge in [-0.1, -0.05) is 36.2 Å². The Balaban J connectivity index is 1.65. The Morgan fingerprint density at radius 3 is 2.88 bits per heavy atom. The van der Waals surface area contributed by atoms with Gasteiger partial charge < -0.3 is 5.32 Å². The van der Waals surface area contributed by atoms with Gasteiger partial charge >= 0.3 is 0 Å². The molecule has 0 saturated carbocycles. The van der Waals surface area contributed by atoms with Crippen molar-refractivity contribution in [3.63, 3.8) is 0 Å². The summed E-state index contributed by atoms with van der Waals surface area (Å²) in [7, 11) is 1.96. The summed E-state index contributed by atoms with van der Waals surface area (Å²) in [5.74, 6) is 0.0292. The molecule has 1 fully saturated rings. The molecule has 1 N–H and O–H groups in total. The van der Waals surface area contributed by atoms with Gasteiger partial charge in [-0.3, -0.25) is 14.4 Å². The van der Waals surface area contributed by atoms with Crippen molar-refractivity contribution in [1.82, 2.24) is 20.0 Å². The maximum absolute atomic E-state index is 12.6. The predicted molar refractivity (Wildman–Crippen MR) is 99.4 cm³/mol. The zero-order valence-electron chi connectivity index (χ0n) is 14.8. The van der Waals surface area contributed by atoms with Crippen LogP contribution in [-0.2, 0) is 11.8 Å². The molecule has 2 aromatic rings. The van der Waals surface area contributed by atoms with Gasteiger partial charge in [0.25, 0.3) is 0 Å². The molecule has 0 bridgehead atoms. The highest BCUT2D eigenvalue weighted by atomic mass is 35.5. The van der Waals surface area contributed by atoms with Crippen LogP contribution in [0, 0.1) is 0 Å². The topological polar surface area (TPSA) is 50.2 Å². The number of aryl methyl sites for hydroxylation is 1. The van der Waals surface area contributed by atoms with E-state index in [4.69, 9.17) is 11.6 Å². The molecule has 25 heavy (non-hydrogen) atoms. The van der Waals surface area contributed by atoms with Crippen LogP contribution in [0.5, 0.6) is 0 Å². The summed E-state index contributed by atoms with van der Waals surface area (Å²) in [6, 6.07) is 9.82.